The van der Waals surface area contributed by atoms with Crippen molar-refractivity contribution in [1.82, 2.24) is 10.2 Å². The van der Waals surface area contributed by atoms with Crippen molar-refractivity contribution in [3.63, 3.8) is 0 Å². The molecule has 9 nitrogen and oxygen atoms in total. The van der Waals surface area contributed by atoms with Crippen molar-refractivity contribution in [3.8, 4) is 11.5 Å². The highest BCUT2D eigenvalue weighted by molar-refractivity contribution is 8.00. The largest absolute Gasteiger partial charge is 0.486 e. The highest BCUT2D eigenvalue weighted by atomic mass is 32.2. The number of sulfonamides is 1. The minimum Gasteiger partial charge on any atom is -0.486 e. The number of carbonyl (C=O) groups excluding carboxylic acids is 1. The molecule has 0 fully saturated rings. The van der Waals surface area contributed by atoms with Crippen molar-refractivity contribution in [3.05, 3.63) is 48.5 Å². The summed E-state index contributed by atoms with van der Waals surface area (Å²) in [7, 11) is -4.03. The van der Waals surface area contributed by atoms with Gasteiger partial charge in [-0.3, -0.25) is 14.4 Å². The predicted molar refractivity (Wildman–Crippen MR) is 119 cm³/mol. The van der Waals surface area contributed by atoms with E-state index in [1.54, 1.807) is 36.4 Å². The summed E-state index contributed by atoms with van der Waals surface area (Å²) in [5, 5.41) is 10.7. The van der Waals surface area contributed by atoms with Crippen LogP contribution in [0.4, 0.5) is 10.8 Å². The van der Waals surface area contributed by atoms with Gasteiger partial charge in [-0.1, -0.05) is 41.3 Å². The van der Waals surface area contributed by atoms with Crippen LogP contribution in [0.15, 0.2) is 57.8 Å². The van der Waals surface area contributed by atoms with Crippen molar-refractivity contribution in [2.75, 3.05) is 35.6 Å². The predicted octanol–water partition coefficient (Wildman–Crippen LogP) is 2.87. The second-order valence-electron chi connectivity index (χ2n) is 6.28. The fourth-order valence-corrected chi connectivity index (χ4v) is 5.47. The molecular weight excluding hydrogens is 460 g/mol. The molecule has 2 heterocycles. The number of amides is 1. The lowest BCUT2D eigenvalue weighted by atomic mass is 10.2. The molecule has 0 aliphatic carbocycles. The van der Waals surface area contributed by atoms with E-state index in [0.717, 1.165) is 4.31 Å². The van der Waals surface area contributed by atoms with Crippen molar-refractivity contribution in [1.29, 1.82) is 0 Å². The van der Waals surface area contributed by atoms with Gasteiger partial charge >= 0.3 is 0 Å². The van der Waals surface area contributed by atoms with Gasteiger partial charge in [-0.25, -0.2) is 8.42 Å². The first-order valence-electron chi connectivity index (χ1n) is 9.12. The maximum atomic E-state index is 13.4. The minimum absolute atomic E-state index is 0.0678. The molecule has 1 aliphatic heterocycles. The summed E-state index contributed by atoms with van der Waals surface area (Å²) in [5.41, 5.74) is 0.283. The Balaban J connectivity index is 1.66. The molecule has 0 radical (unpaired) electrons. The monoisotopic (exact) mass is 478 g/mol. The van der Waals surface area contributed by atoms with Crippen LogP contribution in [0.25, 0.3) is 0 Å². The van der Waals surface area contributed by atoms with Gasteiger partial charge in [0.15, 0.2) is 15.8 Å². The molecule has 162 valence electrons. The Morgan fingerprint density at radius 1 is 1.13 bits per heavy atom. The van der Waals surface area contributed by atoms with Crippen LogP contribution < -0.4 is 19.1 Å². The number of rotatable bonds is 7. The number of aromatic nitrogens is 2. The fraction of sp³-hybridized carbons (Fsp3) is 0.211. The molecule has 12 heteroatoms. The molecule has 31 heavy (non-hydrogen) atoms. The van der Waals surface area contributed by atoms with Gasteiger partial charge in [0.05, 0.1) is 10.6 Å². The molecule has 0 saturated carbocycles. The number of hydrogen-bond donors (Lipinski definition) is 1. The van der Waals surface area contributed by atoms with Gasteiger partial charge < -0.3 is 9.47 Å². The molecule has 1 aliphatic rings. The number of benzene rings is 2. The van der Waals surface area contributed by atoms with Crippen LogP contribution in [0.5, 0.6) is 11.5 Å². The summed E-state index contributed by atoms with van der Waals surface area (Å²) < 4.78 is 39.6. The summed E-state index contributed by atoms with van der Waals surface area (Å²) in [6.45, 7) is 0.322. The van der Waals surface area contributed by atoms with Crippen LogP contribution in [-0.4, -0.2) is 50.5 Å². The molecule has 1 aromatic heterocycles. The molecule has 3 aromatic rings. The second-order valence-corrected chi connectivity index (χ2v) is 10.2. The van der Waals surface area contributed by atoms with Crippen LogP contribution in [-0.2, 0) is 14.8 Å². The lowest BCUT2D eigenvalue weighted by Crippen LogP contribution is -2.38. The van der Waals surface area contributed by atoms with Gasteiger partial charge in [-0.05, 0) is 30.5 Å². The zero-order valence-corrected chi connectivity index (χ0v) is 18.8. The molecular formula is C19H18N4O5S3. The van der Waals surface area contributed by atoms with Crippen molar-refractivity contribution in [2.24, 2.45) is 0 Å². The number of ether oxygens (including phenoxy) is 2. The Bertz CT molecular complexity index is 1180. The maximum Gasteiger partial charge on any atom is 0.264 e. The molecule has 0 unspecified atom stereocenters. The van der Waals surface area contributed by atoms with E-state index in [-0.39, 0.29) is 10.6 Å². The summed E-state index contributed by atoms with van der Waals surface area (Å²) >= 11 is 2.61. The molecule has 0 saturated heterocycles. The van der Waals surface area contributed by atoms with E-state index in [1.165, 1.54) is 35.2 Å². The number of nitrogens with one attached hydrogen (secondary N) is 1. The minimum atomic E-state index is -4.03. The first-order chi connectivity index (χ1) is 15.0. The number of hydrogen-bond acceptors (Lipinski definition) is 9. The number of carbonyl (C=O) groups is 1. The first-order valence-corrected chi connectivity index (χ1v) is 12.6. The summed E-state index contributed by atoms with van der Waals surface area (Å²) in [6, 6.07) is 12.7. The van der Waals surface area contributed by atoms with Crippen LogP contribution in [0.1, 0.15) is 0 Å². The first kappa shape index (κ1) is 21.4. The van der Waals surface area contributed by atoms with Crippen LogP contribution >= 0.6 is 23.1 Å². The van der Waals surface area contributed by atoms with Crippen LogP contribution in [0.3, 0.4) is 0 Å². The zero-order valence-electron chi connectivity index (χ0n) is 16.3. The van der Waals surface area contributed by atoms with E-state index in [4.69, 9.17) is 9.47 Å². The third-order valence-corrected chi connectivity index (χ3v) is 7.86. The molecule has 0 atom stereocenters. The quantitative estimate of drug-likeness (QED) is 0.408. The Kier molecular flexibility index (Phi) is 6.30. The van der Waals surface area contributed by atoms with E-state index in [1.807, 2.05) is 6.26 Å². The zero-order chi connectivity index (χ0) is 21.8. The summed E-state index contributed by atoms with van der Waals surface area (Å²) in [5.74, 6) is 0.402. The average molecular weight is 479 g/mol. The lowest BCUT2D eigenvalue weighted by Gasteiger charge is -2.26. The van der Waals surface area contributed by atoms with E-state index >= 15 is 0 Å². The number of anilines is 2. The smallest absolute Gasteiger partial charge is 0.264 e. The van der Waals surface area contributed by atoms with E-state index in [9.17, 15) is 13.2 Å². The van der Waals surface area contributed by atoms with E-state index < -0.39 is 22.5 Å². The maximum absolute atomic E-state index is 13.4. The summed E-state index contributed by atoms with van der Waals surface area (Å²) in [6.07, 6.45) is 1.85. The molecule has 0 bridgehead atoms. The number of thioether (sulfide) groups is 1. The SMILES string of the molecule is CSc1nnc(NC(=O)CN(c2ccc3c(c2)OCCO3)S(=O)(=O)c2ccccc2)s1. The third kappa shape index (κ3) is 4.75. The molecule has 4 rings (SSSR count). The van der Waals surface area contributed by atoms with Crippen LogP contribution in [0, 0.1) is 0 Å². The number of nitrogens with zero attached hydrogens (tertiary/aromatic N) is 3. The number of fused-ring (bicyclic) bond motifs is 1. The van der Waals surface area contributed by atoms with Crippen molar-refractivity contribution < 1.29 is 22.7 Å². The van der Waals surface area contributed by atoms with Gasteiger partial charge in [0.25, 0.3) is 10.0 Å². The van der Waals surface area contributed by atoms with Gasteiger partial charge in [-0.15, -0.1) is 10.2 Å². The van der Waals surface area contributed by atoms with E-state index in [0.29, 0.717) is 34.2 Å². The molecule has 1 amide bonds. The van der Waals surface area contributed by atoms with Crippen LogP contribution in [0.2, 0.25) is 0 Å². The van der Waals surface area contributed by atoms with Gasteiger partial charge in [0.2, 0.25) is 11.0 Å². The third-order valence-electron chi connectivity index (χ3n) is 4.26. The highest BCUT2D eigenvalue weighted by Crippen LogP contribution is 2.35. The van der Waals surface area contributed by atoms with Crippen molar-refractivity contribution in [2.45, 2.75) is 9.24 Å². The Morgan fingerprint density at radius 3 is 2.58 bits per heavy atom. The highest BCUT2D eigenvalue weighted by Gasteiger charge is 2.28. The summed E-state index contributed by atoms with van der Waals surface area (Å²) in [4.78, 5) is 12.8. The van der Waals surface area contributed by atoms with Gasteiger partial charge in [-0.2, -0.15) is 0 Å². The average Bonchev–Trinajstić information content (AvgIpc) is 3.25. The Morgan fingerprint density at radius 2 is 1.87 bits per heavy atom. The molecule has 1 N–H and O–H groups in total. The Hall–Kier alpha value is -2.83. The van der Waals surface area contributed by atoms with Gasteiger partial charge in [0.1, 0.15) is 19.8 Å². The molecule has 2 aromatic carbocycles. The fourth-order valence-electron chi connectivity index (χ4n) is 2.85. The topological polar surface area (TPSA) is 111 Å². The van der Waals surface area contributed by atoms with Gasteiger partial charge in [0, 0.05) is 6.07 Å². The standard InChI is InChI=1S/C19H18N4O5S3/c1-29-19-22-21-18(30-19)20-17(24)12-23(31(25,26)14-5-3-2-4-6-14)13-7-8-15-16(11-13)28-10-9-27-15/h2-8,11H,9-10,12H2,1H3,(H,20,21,24). The lowest BCUT2D eigenvalue weighted by molar-refractivity contribution is -0.114. The van der Waals surface area contributed by atoms with E-state index in [2.05, 4.69) is 15.5 Å². The normalized spacial score (nSPS) is 12.9. The Labute approximate surface area is 187 Å². The molecule has 0 spiro atoms. The van der Waals surface area contributed by atoms with Crippen molar-refractivity contribution >= 4 is 49.8 Å². The second kappa shape index (κ2) is 9.12.